The summed E-state index contributed by atoms with van der Waals surface area (Å²) in [6, 6.07) is 8.85. The Labute approximate surface area is 148 Å². The highest BCUT2D eigenvalue weighted by molar-refractivity contribution is 7.86. The lowest BCUT2D eigenvalue weighted by Crippen LogP contribution is -2.45. The molecule has 0 atom stereocenters. The summed E-state index contributed by atoms with van der Waals surface area (Å²) in [5.74, 6) is -1.65. The van der Waals surface area contributed by atoms with Crippen molar-refractivity contribution in [2.75, 3.05) is 13.1 Å². The molecule has 0 bridgehead atoms. The Morgan fingerprint density at radius 2 is 1.69 bits per heavy atom. The maximum Gasteiger partial charge on any atom is 0.419 e. The van der Waals surface area contributed by atoms with Crippen molar-refractivity contribution in [3.63, 3.8) is 0 Å². The van der Waals surface area contributed by atoms with Gasteiger partial charge in [0.2, 0.25) is 0 Å². The highest BCUT2D eigenvalue weighted by Gasteiger charge is 2.37. The van der Waals surface area contributed by atoms with Crippen molar-refractivity contribution in [2.24, 2.45) is 0 Å². The van der Waals surface area contributed by atoms with E-state index in [9.17, 15) is 26.0 Å². The molecule has 1 heterocycles. The van der Waals surface area contributed by atoms with E-state index in [1.807, 2.05) is 6.92 Å². The van der Waals surface area contributed by atoms with Gasteiger partial charge in [-0.05, 0) is 36.8 Å². The lowest BCUT2D eigenvalue weighted by atomic mass is 9.92. The second-order valence-corrected chi connectivity index (χ2v) is 7.65. The van der Waals surface area contributed by atoms with E-state index in [0.29, 0.717) is 11.6 Å². The summed E-state index contributed by atoms with van der Waals surface area (Å²) in [4.78, 5) is 0.00660. The predicted molar refractivity (Wildman–Crippen MR) is 85.2 cm³/mol. The molecule has 0 aliphatic carbocycles. The van der Waals surface area contributed by atoms with Gasteiger partial charge in [-0.25, -0.2) is 4.39 Å². The Bertz CT molecular complexity index is 905. The van der Waals surface area contributed by atoms with Gasteiger partial charge in [0.1, 0.15) is 5.82 Å². The van der Waals surface area contributed by atoms with Crippen LogP contribution in [0.4, 0.5) is 17.6 Å². The molecule has 0 amide bonds. The van der Waals surface area contributed by atoms with E-state index in [0.717, 1.165) is 11.6 Å². The standard InChI is InChI=1S/C17H15F4NO3S/c1-11-2-5-14(6-3-11)26(23,24)25-22-9-13(10-22)12-4-7-15(16(18)8-12)17(19,20)21/h2-8,13H,9-10H2,1H3. The first-order valence-electron chi connectivity index (χ1n) is 7.69. The minimum absolute atomic E-state index is 0.00660. The van der Waals surface area contributed by atoms with Crippen LogP contribution in [0.5, 0.6) is 0 Å². The van der Waals surface area contributed by atoms with Gasteiger partial charge in [-0.3, -0.25) is 0 Å². The number of hydroxylamine groups is 2. The van der Waals surface area contributed by atoms with Gasteiger partial charge in [-0.1, -0.05) is 23.8 Å². The molecule has 1 aliphatic rings. The predicted octanol–water partition coefficient (Wildman–Crippen LogP) is 3.87. The Balaban J connectivity index is 1.64. The zero-order valence-electron chi connectivity index (χ0n) is 13.6. The number of rotatable bonds is 4. The summed E-state index contributed by atoms with van der Waals surface area (Å²) in [6.07, 6.45) is -4.75. The summed E-state index contributed by atoms with van der Waals surface area (Å²) < 4.78 is 80.6. The van der Waals surface area contributed by atoms with E-state index in [1.54, 1.807) is 12.1 Å². The Kier molecular flexibility index (Phi) is 4.80. The molecule has 0 spiro atoms. The molecule has 1 fully saturated rings. The van der Waals surface area contributed by atoms with Crippen molar-refractivity contribution in [2.45, 2.75) is 23.9 Å². The number of hydrogen-bond acceptors (Lipinski definition) is 4. The average Bonchev–Trinajstić information content (AvgIpc) is 2.49. The molecular formula is C17H15F4NO3S. The first-order chi connectivity index (χ1) is 12.1. The fourth-order valence-corrected chi connectivity index (χ4v) is 3.57. The van der Waals surface area contributed by atoms with Gasteiger partial charge < -0.3 is 0 Å². The molecule has 9 heteroatoms. The molecule has 0 unspecified atom stereocenters. The van der Waals surface area contributed by atoms with Crippen molar-refractivity contribution in [3.8, 4) is 0 Å². The van der Waals surface area contributed by atoms with Crippen molar-refractivity contribution in [3.05, 3.63) is 65.0 Å². The first kappa shape index (κ1) is 18.8. The van der Waals surface area contributed by atoms with Crippen LogP contribution < -0.4 is 0 Å². The summed E-state index contributed by atoms with van der Waals surface area (Å²) in [7, 11) is -3.97. The maximum absolute atomic E-state index is 13.6. The highest BCUT2D eigenvalue weighted by atomic mass is 32.2. The third kappa shape index (κ3) is 3.89. The van der Waals surface area contributed by atoms with Gasteiger partial charge in [0, 0.05) is 19.0 Å². The van der Waals surface area contributed by atoms with Crippen molar-refractivity contribution >= 4 is 10.1 Å². The van der Waals surface area contributed by atoms with Crippen LogP contribution in [0.2, 0.25) is 0 Å². The molecule has 140 valence electrons. The van der Waals surface area contributed by atoms with Gasteiger partial charge in [0.25, 0.3) is 0 Å². The molecule has 0 saturated carbocycles. The molecule has 0 aromatic heterocycles. The van der Waals surface area contributed by atoms with Gasteiger partial charge in [0.15, 0.2) is 0 Å². The molecule has 0 N–H and O–H groups in total. The fraction of sp³-hybridized carbons (Fsp3) is 0.294. The minimum Gasteiger partial charge on any atom is -0.206 e. The van der Waals surface area contributed by atoms with Crippen molar-refractivity contribution in [1.82, 2.24) is 5.06 Å². The number of halogens is 4. The lowest BCUT2D eigenvalue weighted by Gasteiger charge is -2.37. The second kappa shape index (κ2) is 6.64. The monoisotopic (exact) mass is 389 g/mol. The smallest absolute Gasteiger partial charge is 0.206 e. The van der Waals surface area contributed by atoms with Gasteiger partial charge in [-0.15, -0.1) is 0 Å². The van der Waals surface area contributed by atoms with E-state index >= 15 is 0 Å². The zero-order chi connectivity index (χ0) is 19.1. The fourth-order valence-electron chi connectivity index (χ4n) is 2.61. The van der Waals surface area contributed by atoms with E-state index in [1.165, 1.54) is 23.3 Å². The van der Waals surface area contributed by atoms with Crippen LogP contribution in [0, 0.1) is 12.7 Å². The average molecular weight is 389 g/mol. The second-order valence-electron chi connectivity index (χ2n) is 6.12. The number of aryl methyl sites for hydroxylation is 1. The van der Waals surface area contributed by atoms with Crippen molar-refractivity contribution in [1.29, 1.82) is 0 Å². The van der Waals surface area contributed by atoms with Crippen LogP contribution in [0.3, 0.4) is 0 Å². The first-order valence-corrected chi connectivity index (χ1v) is 9.10. The van der Waals surface area contributed by atoms with Crippen LogP contribution in [-0.4, -0.2) is 26.6 Å². The summed E-state index contributed by atoms with van der Waals surface area (Å²) in [5, 5.41) is 1.18. The molecule has 26 heavy (non-hydrogen) atoms. The topological polar surface area (TPSA) is 46.6 Å². The maximum atomic E-state index is 13.6. The number of alkyl halides is 3. The van der Waals surface area contributed by atoms with Crippen molar-refractivity contribution < 1.29 is 30.3 Å². The van der Waals surface area contributed by atoms with E-state index in [-0.39, 0.29) is 23.9 Å². The molecule has 0 radical (unpaired) electrons. The quantitative estimate of drug-likeness (QED) is 0.745. The normalized spacial score (nSPS) is 16.5. The Hall–Kier alpha value is -1.97. The molecule has 1 saturated heterocycles. The number of nitrogens with zero attached hydrogens (tertiary/aromatic N) is 1. The minimum atomic E-state index is -4.75. The van der Waals surface area contributed by atoms with Crippen LogP contribution in [0.15, 0.2) is 47.4 Å². The molecule has 3 rings (SSSR count). The largest absolute Gasteiger partial charge is 0.419 e. The van der Waals surface area contributed by atoms with E-state index in [2.05, 4.69) is 0 Å². The molecule has 1 aliphatic heterocycles. The SMILES string of the molecule is Cc1ccc(S(=O)(=O)ON2CC(c3ccc(C(F)(F)F)c(F)c3)C2)cc1. The third-order valence-electron chi connectivity index (χ3n) is 4.13. The van der Waals surface area contributed by atoms with Crippen LogP contribution in [0.1, 0.15) is 22.6 Å². The zero-order valence-corrected chi connectivity index (χ0v) is 14.4. The van der Waals surface area contributed by atoms with E-state index < -0.39 is 27.7 Å². The van der Waals surface area contributed by atoms with Gasteiger partial charge >= 0.3 is 16.3 Å². The van der Waals surface area contributed by atoms with Gasteiger partial charge in [0.05, 0.1) is 10.5 Å². The Morgan fingerprint density at radius 1 is 1.08 bits per heavy atom. The summed E-state index contributed by atoms with van der Waals surface area (Å²) >= 11 is 0. The number of benzene rings is 2. The highest BCUT2D eigenvalue weighted by Crippen LogP contribution is 2.35. The lowest BCUT2D eigenvalue weighted by molar-refractivity contribution is -0.140. The number of hydrogen-bond donors (Lipinski definition) is 0. The Morgan fingerprint density at radius 3 is 2.23 bits per heavy atom. The summed E-state index contributed by atoms with van der Waals surface area (Å²) in [5.41, 5.74) is -0.0593. The third-order valence-corrected chi connectivity index (χ3v) is 5.39. The van der Waals surface area contributed by atoms with E-state index in [4.69, 9.17) is 4.28 Å². The molecule has 2 aromatic rings. The van der Waals surface area contributed by atoms with Crippen LogP contribution >= 0.6 is 0 Å². The molecule has 4 nitrogen and oxygen atoms in total. The molecule has 2 aromatic carbocycles. The van der Waals surface area contributed by atoms with Gasteiger partial charge in [-0.2, -0.15) is 30.9 Å². The van der Waals surface area contributed by atoms with Crippen LogP contribution in [0.25, 0.3) is 0 Å². The molecular weight excluding hydrogens is 374 g/mol. The summed E-state index contributed by atoms with van der Waals surface area (Å²) in [6.45, 7) is 2.09. The van der Waals surface area contributed by atoms with Crippen LogP contribution in [-0.2, 0) is 20.6 Å².